The molecule has 0 bridgehead atoms. The molecule has 3 heterocycles. The molecule has 7 nitrogen and oxygen atoms in total. The van der Waals surface area contributed by atoms with Gasteiger partial charge in [0.1, 0.15) is 11.6 Å². The van der Waals surface area contributed by atoms with Crippen molar-refractivity contribution >= 4 is 27.1 Å². The molecule has 0 aliphatic carbocycles. The zero-order valence-electron chi connectivity index (χ0n) is 17.3. The third-order valence-electron chi connectivity index (χ3n) is 5.60. The molecule has 1 saturated heterocycles. The predicted octanol–water partition coefficient (Wildman–Crippen LogP) is 3.55. The number of sulfonamides is 1. The number of carbonyl (C=O) groups excluding carboxylic acids is 1. The van der Waals surface area contributed by atoms with Crippen LogP contribution in [0.2, 0.25) is 0 Å². The number of benzene rings is 2. The Hall–Kier alpha value is -2.75. The molecule has 0 spiro atoms. The lowest BCUT2D eigenvalue weighted by atomic mass is 10.1. The number of ether oxygens (including phenoxy) is 2. The molecule has 32 heavy (non-hydrogen) atoms. The number of hydrogen-bond acceptors (Lipinski definition) is 7. The summed E-state index contributed by atoms with van der Waals surface area (Å²) in [6.07, 6.45) is 1.31. The van der Waals surface area contributed by atoms with Gasteiger partial charge in [0.05, 0.1) is 17.0 Å². The van der Waals surface area contributed by atoms with Crippen LogP contribution in [0, 0.1) is 0 Å². The number of fused-ring (bicyclic) bond motifs is 1. The first-order chi connectivity index (χ1) is 15.5. The van der Waals surface area contributed by atoms with Gasteiger partial charge in [0, 0.05) is 24.0 Å². The standard InChI is InChI=1S/C23H22N2O5S2/c26-19(22-14-29-20-5-1-2-6-21(20)30-22)13-23-24-18(15-31-23)16-7-9-17(10-8-16)32(27,28)25-11-3-4-12-25/h1-2,5-10,15,22H,3-4,11-14H2. The summed E-state index contributed by atoms with van der Waals surface area (Å²) in [4.78, 5) is 17.6. The van der Waals surface area contributed by atoms with Crippen molar-refractivity contribution in [3.8, 4) is 22.8 Å². The molecular weight excluding hydrogens is 448 g/mol. The highest BCUT2D eigenvalue weighted by atomic mass is 32.2. The molecule has 9 heteroatoms. The van der Waals surface area contributed by atoms with Crippen LogP contribution in [0.4, 0.5) is 0 Å². The highest BCUT2D eigenvalue weighted by Crippen LogP contribution is 2.32. The molecule has 1 atom stereocenters. The predicted molar refractivity (Wildman–Crippen MR) is 121 cm³/mol. The van der Waals surface area contributed by atoms with E-state index in [2.05, 4.69) is 4.98 Å². The molecule has 2 aromatic carbocycles. The van der Waals surface area contributed by atoms with Gasteiger partial charge in [-0.05, 0) is 37.1 Å². The molecule has 1 fully saturated rings. The Morgan fingerprint density at radius 1 is 1.06 bits per heavy atom. The Labute approximate surface area is 190 Å². The van der Waals surface area contributed by atoms with Crippen LogP contribution < -0.4 is 9.47 Å². The monoisotopic (exact) mass is 470 g/mol. The fourth-order valence-electron chi connectivity index (χ4n) is 3.84. The minimum atomic E-state index is -3.44. The summed E-state index contributed by atoms with van der Waals surface area (Å²) in [7, 11) is -3.44. The maximum absolute atomic E-state index is 12.7. The lowest BCUT2D eigenvalue weighted by molar-refractivity contribution is -0.127. The summed E-state index contributed by atoms with van der Waals surface area (Å²) in [6, 6.07) is 14.1. The van der Waals surface area contributed by atoms with Crippen LogP contribution in [0.15, 0.2) is 58.8 Å². The molecule has 2 aliphatic heterocycles. The number of aromatic nitrogens is 1. The largest absolute Gasteiger partial charge is 0.485 e. The van der Waals surface area contributed by atoms with E-state index < -0.39 is 16.1 Å². The van der Waals surface area contributed by atoms with Crippen molar-refractivity contribution in [1.82, 2.24) is 9.29 Å². The van der Waals surface area contributed by atoms with Crippen LogP contribution >= 0.6 is 11.3 Å². The number of ketones is 1. The fourth-order valence-corrected chi connectivity index (χ4v) is 6.17. The molecule has 0 N–H and O–H groups in total. The molecule has 5 rings (SSSR count). The molecule has 1 unspecified atom stereocenters. The van der Waals surface area contributed by atoms with Crippen molar-refractivity contribution in [1.29, 1.82) is 0 Å². The zero-order valence-corrected chi connectivity index (χ0v) is 18.9. The second kappa shape index (κ2) is 8.65. The van der Waals surface area contributed by atoms with Gasteiger partial charge in [-0.15, -0.1) is 11.3 Å². The first kappa shape index (κ1) is 21.1. The average molecular weight is 471 g/mol. The van der Waals surface area contributed by atoms with Crippen LogP contribution in [-0.2, 0) is 21.2 Å². The Balaban J connectivity index is 1.25. The van der Waals surface area contributed by atoms with E-state index in [1.165, 1.54) is 15.6 Å². The quantitative estimate of drug-likeness (QED) is 0.548. The Bertz CT molecular complexity index is 1230. The van der Waals surface area contributed by atoms with Crippen molar-refractivity contribution in [2.75, 3.05) is 19.7 Å². The van der Waals surface area contributed by atoms with Gasteiger partial charge in [-0.3, -0.25) is 4.79 Å². The number of thiazole rings is 1. The van der Waals surface area contributed by atoms with E-state index in [-0.39, 0.29) is 18.8 Å². The molecule has 0 radical (unpaired) electrons. The highest BCUT2D eigenvalue weighted by molar-refractivity contribution is 7.89. The van der Waals surface area contributed by atoms with Gasteiger partial charge in [0.15, 0.2) is 23.4 Å². The second-order valence-electron chi connectivity index (χ2n) is 7.77. The number of Topliss-reactive ketones (excluding diaryl/α,β-unsaturated/α-hetero) is 1. The minimum Gasteiger partial charge on any atom is -0.485 e. The summed E-state index contributed by atoms with van der Waals surface area (Å²) >= 11 is 1.40. The first-order valence-corrected chi connectivity index (χ1v) is 12.8. The van der Waals surface area contributed by atoms with E-state index in [9.17, 15) is 13.2 Å². The molecule has 0 saturated carbocycles. The topological polar surface area (TPSA) is 85.8 Å². The molecule has 1 aromatic heterocycles. The van der Waals surface area contributed by atoms with E-state index in [1.54, 1.807) is 30.3 Å². The van der Waals surface area contributed by atoms with E-state index in [0.717, 1.165) is 18.4 Å². The third kappa shape index (κ3) is 4.15. The number of rotatable bonds is 6. The third-order valence-corrected chi connectivity index (χ3v) is 8.36. The Morgan fingerprint density at radius 3 is 2.53 bits per heavy atom. The van der Waals surface area contributed by atoms with E-state index >= 15 is 0 Å². The maximum Gasteiger partial charge on any atom is 0.243 e. The Morgan fingerprint density at radius 2 is 1.78 bits per heavy atom. The van der Waals surface area contributed by atoms with Gasteiger partial charge in [-0.2, -0.15) is 4.31 Å². The number of nitrogens with zero attached hydrogens (tertiary/aromatic N) is 2. The molecular formula is C23H22N2O5S2. The normalized spacial score (nSPS) is 18.6. The Kier molecular flexibility index (Phi) is 5.71. The van der Waals surface area contributed by atoms with Crippen molar-refractivity contribution in [2.24, 2.45) is 0 Å². The molecule has 2 aliphatic rings. The number of para-hydroxylation sites is 2. The highest BCUT2D eigenvalue weighted by Gasteiger charge is 2.28. The van der Waals surface area contributed by atoms with Crippen LogP contribution in [-0.4, -0.2) is 49.3 Å². The van der Waals surface area contributed by atoms with Gasteiger partial charge in [0.25, 0.3) is 0 Å². The van der Waals surface area contributed by atoms with Gasteiger partial charge in [-0.25, -0.2) is 13.4 Å². The lowest BCUT2D eigenvalue weighted by Crippen LogP contribution is -2.37. The summed E-state index contributed by atoms with van der Waals surface area (Å²) in [5, 5.41) is 2.56. The summed E-state index contributed by atoms with van der Waals surface area (Å²) in [5.41, 5.74) is 1.53. The van der Waals surface area contributed by atoms with Gasteiger partial charge in [0.2, 0.25) is 10.0 Å². The zero-order chi connectivity index (χ0) is 22.1. The van der Waals surface area contributed by atoms with Gasteiger partial charge < -0.3 is 9.47 Å². The fraction of sp³-hybridized carbons (Fsp3) is 0.304. The molecule has 3 aromatic rings. The number of carbonyl (C=O) groups is 1. The average Bonchev–Trinajstić information content (AvgIpc) is 3.52. The lowest BCUT2D eigenvalue weighted by Gasteiger charge is -2.25. The molecule has 0 amide bonds. The van der Waals surface area contributed by atoms with Crippen LogP contribution in [0.1, 0.15) is 17.8 Å². The van der Waals surface area contributed by atoms with Crippen LogP contribution in [0.25, 0.3) is 11.3 Å². The van der Waals surface area contributed by atoms with Crippen molar-refractivity contribution in [3.63, 3.8) is 0 Å². The summed E-state index contributed by atoms with van der Waals surface area (Å²) < 4.78 is 38.3. The van der Waals surface area contributed by atoms with Crippen LogP contribution in [0.3, 0.4) is 0 Å². The molecule has 166 valence electrons. The second-order valence-corrected chi connectivity index (χ2v) is 10.6. The summed E-state index contributed by atoms with van der Waals surface area (Å²) in [5.74, 6) is 1.12. The van der Waals surface area contributed by atoms with E-state index in [1.807, 2.05) is 23.6 Å². The first-order valence-electron chi connectivity index (χ1n) is 10.5. The number of hydrogen-bond donors (Lipinski definition) is 0. The van der Waals surface area contributed by atoms with E-state index in [4.69, 9.17) is 9.47 Å². The van der Waals surface area contributed by atoms with Gasteiger partial charge >= 0.3 is 0 Å². The van der Waals surface area contributed by atoms with Gasteiger partial charge in [-0.1, -0.05) is 24.3 Å². The van der Waals surface area contributed by atoms with Crippen LogP contribution in [0.5, 0.6) is 11.5 Å². The maximum atomic E-state index is 12.7. The smallest absolute Gasteiger partial charge is 0.243 e. The SMILES string of the molecule is O=C(Cc1nc(-c2ccc(S(=O)(=O)N3CCCC3)cc2)cs1)C1COc2ccccc2O1. The van der Waals surface area contributed by atoms with Crippen molar-refractivity contribution < 1.29 is 22.7 Å². The van der Waals surface area contributed by atoms with Crippen molar-refractivity contribution in [3.05, 3.63) is 58.9 Å². The minimum absolute atomic E-state index is 0.0903. The summed E-state index contributed by atoms with van der Waals surface area (Å²) in [6.45, 7) is 1.34. The van der Waals surface area contributed by atoms with Crippen molar-refractivity contribution in [2.45, 2.75) is 30.3 Å². The van der Waals surface area contributed by atoms with E-state index in [0.29, 0.717) is 40.2 Å².